The maximum absolute atomic E-state index is 5.89. The van der Waals surface area contributed by atoms with Crippen LogP contribution in [0.25, 0.3) is 0 Å². The number of thiazole rings is 1. The Morgan fingerprint density at radius 3 is 2.63 bits per heavy atom. The standard InChI is InChI=1S/C15H26N2OS/c1-5-16-9-12-13(11-7-8-11)17-15(19-12)14(10(3)4)18-6-2/h10-11,14,16H,5-9H2,1-4H3. The van der Waals surface area contributed by atoms with E-state index in [1.165, 1.54) is 28.4 Å². The largest absolute Gasteiger partial charge is 0.371 e. The van der Waals surface area contributed by atoms with Crippen LogP contribution < -0.4 is 5.32 Å². The molecule has 0 bridgehead atoms. The molecule has 2 rings (SSSR count). The zero-order valence-corrected chi connectivity index (χ0v) is 13.3. The van der Waals surface area contributed by atoms with Gasteiger partial charge in [-0.05, 0) is 32.2 Å². The first-order chi connectivity index (χ1) is 9.17. The van der Waals surface area contributed by atoms with Gasteiger partial charge in [-0.1, -0.05) is 20.8 Å². The van der Waals surface area contributed by atoms with E-state index in [1.807, 2.05) is 11.3 Å². The summed E-state index contributed by atoms with van der Waals surface area (Å²) in [6.45, 7) is 11.3. The van der Waals surface area contributed by atoms with Crippen molar-refractivity contribution in [3.63, 3.8) is 0 Å². The number of aromatic nitrogens is 1. The van der Waals surface area contributed by atoms with Crippen LogP contribution in [0.1, 0.15) is 68.1 Å². The van der Waals surface area contributed by atoms with E-state index in [0.717, 1.165) is 19.7 Å². The monoisotopic (exact) mass is 282 g/mol. The van der Waals surface area contributed by atoms with Crippen LogP contribution >= 0.6 is 11.3 Å². The number of hydrogen-bond acceptors (Lipinski definition) is 4. The predicted molar refractivity (Wildman–Crippen MR) is 80.7 cm³/mol. The van der Waals surface area contributed by atoms with Gasteiger partial charge in [0.15, 0.2) is 0 Å². The van der Waals surface area contributed by atoms with Crippen molar-refractivity contribution in [2.75, 3.05) is 13.2 Å². The third-order valence-corrected chi connectivity index (χ3v) is 4.57. The average molecular weight is 282 g/mol. The first kappa shape index (κ1) is 14.9. The molecule has 1 N–H and O–H groups in total. The number of ether oxygens (including phenoxy) is 1. The minimum Gasteiger partial charge on any atom is -0.371 e. The van der Waals surface area contributed by atoms with Gasteiger partial charge in [-0.15, -0.1) is 11.3 Å². The molecule has 1 saturated carbocycles. The molecule has 0 aliphatic heterocycles. The van der Waals surface area contributed by atoms with Crippen molar-refractivity contribution in [2.45, 2.75) is 59.1 Å². The van der Waals surface area contributed by atoms with Crippen molar-refractivity contribution in [3.05, 3.63) is 15.6 Å². The second kappa shape index (κ2) is 6.82. The van der Waals surface area contributed by atoms with Gasteiger partial charge in [0.05, 0.1) is 5.69 Å². The molecular weight excluding hydrogens is 256 g/mol. The summed E-state index contributed by atoms with van der Waals surface area (Å²) in [6.07, 6.45) is 2.77. The van der Waals surface area contributed by atoms with Gasteiger partial charge in [0.1, 0.15) is 11.1 Å². The highest BCUT2D eigenvalue weighted by Crippen LogP contribution is 2.44. The molecule has 1 atom stereocenters. The molecule has 1 aromatic rings. The number of nitrogens with one attached hydrogen (secondary N) is 1. The second-order valence-corrected chi connectivity index (χ2v) is 6.65. The van der Waals surface area contributed by atoms with E-state index in [1.54, 1.807) is 0 Å². The van der Waals surface area contributed by atoms with Gasteiger partial charge in [-0.25, -0.2) is 4.98 Å². The summed E-state index contributed by atoms with van der Waals surface area (Å²) in [4.78, 5) is 6.34. The normalized spacial score (nSPS) is 17.1. The molecule has 1 aliphatic carbocycles. The lowest BCUT2D eigenvalue weighted by Gasteiger charge is -2.18. The maximum Gasteiger partial charge on any atom is 0.122 e. The van der Waals surface area contributed by atoms with Crippen LogP contribution in [0.2, 0.25) is 0 Å². The molecule has 1 heterocycles. The average Bonchev–Trinajstić information content (AvgIpc) is 3.14. The Morgan fingerprint density at radius 2 is 2.11 bits per heavy atom. The lowest BCUT2D eigenvalue weighted by Crippen LogP contribution is -2.11. The zero-order chi connectivity index (χ0) is 13.8. The summed E-state index contributed by atoms with van der Waals surface area (Å²) < 4.78 is 5.89. The molecule has 19 heavy (non-hydrogen) atoms. The van der Waals surface area contributed by atoms with Crippen molar-refractivity contribution >= 4 is 11.3 Å². The minimum atomic E-state index is 0.155. The molecule has 4 heteroatoms. The third kappa shape index (κ3) is 3.77. The molecule has 0 spiro atoms. The van der Waals surface area contributed by atoms with Crippen molar-refractivity contribution in [3.8, 4) is 0 Å². The Hall–Kier alpha value is -0.450. The van der Waals surface area contributed by atoms with Gasteiger partial charge in [-0.3, -0.25) is 0 Å². The summed E-state index contributed by atoms with van der Waals surface area (Å²) in [6, 6.07) is 0. The summed E-state index contributed by atoms with van der Waals surface area (Å²) in [7, 11) is 0. The van der Waals surface area contributed by atoms with Crippen molar-refractivity contribution in [2.24, 2.45) is 5.92 Å². The van der Waals surface area contributed by atoms with E-state index in [2.05, 4.69) is 33.0 Å². The van der Waals surface area contributed by atoms with Gasteiger partial charge >= 0.3 is 0 Å². The van der Waals surface area contributed by atoms with Gasteiger partial charge in [0, 0.05) is 23.9 Å². The van der Waals surface area contributed by atoms with Crippen LogP contribution in [0.15, 0.2) is 0 Å². The fourth-order valence-corrected chi connectivity index (χ4v) is 3.62. The number of hydrogen-bond donors (Lipinski definition) is 1. The Kier molecular flexibility index (Phi) is 5.37. The smallest absolute Gasteiger partial charge is 0.122 e. The summed E-state index contributed by atoms with van der Waals surface area (Å²) >= 11 is 1.85. The molecule has 1 aliphatic rings. The van der Waals surface area contributed by atoms with Crippen LogP contribution in [-0.2, 0) is 11.3 Å². The Balaban J connectivity index is 2.19. The lowest BCUT2D eigenvalue weighted by molar-refractivity contribution is 0.0292. The first-order valence-corrected chi connectivity index (χ1v) is 8.30. The van der Waals surface area contributed by atoms with Crippen LogP contribution in [0.4, 0.5) is 0 Å². The van der Waals surface area contributed by atoms with E-state index in [4.69, 9.17) is 9.72 Å². The summed E-state index contributed by atoms with van der Waals surface area (Å²) in [5, 5.41) is 4.60. The van der Waals surface area contributed by atoms with Gasteiger partial charge in [0.2, 0.25) is 0 Å². The summed E-state index contributed by atoms with van der Waals surface area (Å²) in [5.74, 6) is 1.19. The molecule has 1 unspecified atom stereocenters. The van der Waals surface area contributed by atoms with E-state index < -0.39 is 0 Å². The van der Waals surface area contributed by atoms with Gasteiger partial charge in [-0.2, -0.15) is 0 Å². The highest BCUT2D eigenvalue weighted by Gasteiger charge is 2.31. The van der Waals surface area contributed by atoms with Crippen molar-refractivity contribution < 1.29 is 4.74 Å². The summed E-state index contributed by atoms with van der Waals surface area (Å²) in [5.41, 5.74) is 1.34. The number of rotatable bonds is 8. The third-order valence-electron chi connectivity index (χ3n) is 3.44. The Labute approximate surface area is 120 Å². The quantitative estimate of drug-likeness (QED) is 0.786. The van der Waals surface area contributed by atoms with Crippen molar-refractivity contribution in [1.82, 2.24) is 10.3 Å². The fraction of sp³-hybridized carbons (Fsp3) is 0.800. The lowest BCUT2D eigenvalue weighted by atomic mass is 10.1. The minimum absolute atomic E-state index is 0.155. The topological polar surface area (TPSA) is 34.1 Å². The predicted octanol–water partition coefficient (Wildman–Crippen LogP) is 3.86. The molecule has 1 fully saturated rings. The molecule has 0 radical (unpaired) electrons. The van der Waals surface area contributed by atoms with Crippen LogP contribution in [0.3, 0.4) is 0 Å². The van der Waals surface area contributed by atoms with E-state index in [0.29, 0.717) is 11.8 Å². The molecule has 108 valence electrons. The molecular formula is C15H26N2OS. The molecule has 0 saturated heterocycles. The van der Waals surface area contributed by atoms with E-state index >= 15 is 0 Å². The maximum atomic E-state index is 5.89. The van der Waals surface area contributed by atoms with E-state index in [9.17, 15) is 0 Å². The zero-order valence-electron chi connectivity index (χ0n) is 12.5. The van der Waals surface area contributed by atoms with Crippen LogP contribution in [-0.4, -0.2) is 18.1 Å². The van der Waals surface area contributed by atoms with Gasteiger partial charge in [0.25, 0.3) is 0 Å². The second-order valence-electron chi connectivity index (χ2n) is 5.54. The first-order valence-electron chi connectivity index (χ1n) is 7.49. The SMILES string of the molecule is CCNCc1sc(C(OCC)C(C)C)nc1C1CC1. The number of nitrogens with zero attached hydrogens (tertiary/aromatic N) is 1. The van der Waals surface area contributed by atoms with Gasteiger partial charge < -0.3 is 10.1 Å². The molecule has 1 aromatic heterocycles. The molecule has 0 aromatic carbocycles. The highest BCUT2D eigenvalue weighted by atomic mass is 32.1. The molecule has 3 nitrogen and oxygen atoms in total. The van der Waals surface area contributed by atoms with Crippen LogP contribution in [0.5, 0.6) is 0 Å². The Bertz CT molecular complexity index is 399. The van der Waals surface area contributed by atoms with E-state index in [-0.39, 0.29) is 6.10 Å². The highest BCUT2D eigenvalue weighted by molar-refractivity contribution is 7.11. The van der Waals surface area contributed by atoms with Crippen LogP contribution in [0, 0.1) is 5.92 Å². The fourth-order valence-electron chi connectivity index (χ4n) is 2.27. The van der Waals surface area contributed by atoms with Crippen molar-refractivity contribution in [1.29, 1.82) is 0 Å². The molecule has 0 amide bonds. The Morgan fingerprint density at radius 1 is 1.37 bits per heavy atom.